The first kappa shape index (κ1) is 11.3. The predicted octanol–water partition coefficient (Wildman–Crippen LogP) is 1.99. The van der Waals surface area contributed by atoms with Gasteiger partial charge in [-0.25, -0.2) is 0 Å². The molecule has 3 rings (SSSR count). The third-order valence-corrected chi connectivity index (χ3v) is 3.54. The van der Waals surface area contributed by atoms with Crippen LogP contribution >= 0.6 is 0 Å². The van der Waals surface area contributed by atoms with E-state index in [-0.39, 0.29) is 0 Å². The Morgan fingerprint density at radius 3 is 3.06 bits per heavy atom. The average molecular weight is 244 g/mol. The third kappa shape index (κ3) is 2.01. The van der Waals surface area contributed by atoms with Crippen LogP contribution in [-0.4, -0.2) is 28.2 Å². The van der Waals surface area contributed by atoms with Crippen LogP contribution in [0.2, 0.25) is 0 Å². The first-order valence-corrected chi connectivity index (χ1v) is 6.31. The summed E-state index contributed by atoms with van der Waals surface area (Å²) in [6.45, 7) is 0. The summed E-state index contributed by atoms with van der Waals surface area (Å²) in [5, 5.41) is 7.34. The Kier molecular flexibility index (Phi) is 3.06. The molecule has 1 saturated carbocycles. The lowest BCUT2D eigenvalue weighted by molar-refractivity contribution is 0.335. The summed E-state index contributed by atoms with van der Waals surface area (Å²) >= 11 is 0. The van der Waals surface area contributed by atoms with Gasteiger partial charge in [0.05, 0.1) is 5.92 Å². The van der Waals surface area contributed by atoms with E-state index in [0.717, 1.165) is 18.0 Å². The van der Waals surface area contributed by atoms with Crippen molar-refractivity contribution in [1.82, 2.24) is 20.4 Å². The van der Waals surface area contributed by atoms with Gasteiger partial charge in [-0.2, -0.15) is 4.98 Å². The van der Waals surface area contributed by atoms with Crippen LogP contribution in [0.25, 0.3) is 11.5 Å². The molecule has 94 valence electrons. The van der Waals surface area contributed by atoms with Gasteiger partial charge in [-0.15, -0.1) is 0 Å². The SMILES string of the molecule is CN[C@H]1CCC[C@@H]1c1nc(-c2ccccn2)no1. The molecule has 1 fully saturated rings. The molecule has 1 N–H and O–H groups in total. The zero-order valence-corrected chi connectivity index (χ0v) is 10.3. The summed E-state index contributed by atoms with van der Waals surface area (Å²) in [7, 11) is 1.99. The van der Waals surface area contributed by atoms with Crippen LogP contribution in [0.4, 0.5) is 0 Å². The van der Waals surface area contributed by atoms with Crippen molar-refractivity contribution in [3.63, 3.8) is 0 Å². The zero-order chi connectivity index (χ0) is 12.4. The Bertz CT molecular complexity index is 511. The fraction of sp³-hybridized carbons (Fsp3) is 0.462. The number of nitrogens with zero attached hydrogens (tertiary/aromatic N) is 3. The van der Waals surface area contributed by atoms with Crippen molar-refractivity contribution in [2.45, 2.75) is 31.2 Å². The van der Waals surface area contributed by atoms with Gasteiger partial charge < -0.3 is 9.84 Å². The van der Waals surface area contributed by atoms with Crippen molar-refractivity contribution in [2.24, 2.45) is 0 Å². The molecule has 0 amide bonds. The maximum atomic E-state index is 5.39. The van der Waals surface area contributed by atoms with Crippen molar-refractivity contribution in [3.05, 3.63) is 30.3 Å². The number of aromatic nitrogens is 3. The molecule has 2 heterocycles. The Morgan fingerprint density at radius 2 is 2.28 bits per heavy atom. The summed E-state index contributed by atoms with van der Waals surface area (Å²) in [5.74, 6) is 1.64. The lowest BCUT2D eigenvalue weighted by atomic mass is 10.0. The van der Waals surface area contributed by atoms with Gasteiger partial charge in [-0.1, -0.05) is 17.6 Å². The second-order valence-electron chi connectivity index (χ2n) is 4.60. The van der Waals surface area contributed by atoms with Crippen LogP contribution in [0.3, 0.4) is 0 Å². The van der Waals surface area contributed by atoms with E-state index in [9.17, 15) is 0 Å². The van der Waals surface area contributed by atoms with E-state index in [1.54, 1.807) is 6.20 Å². The maximum absolute atomic E-state index is 5.39. The highest BCUT2D eigenvalue weighted by Gasteiger charge is 2.31. The Labute approximate surface area is 106 Å². The Balaban J connectivity index is 1.86. The molecule has 5 heteroatoms. The standard InChI is InChI=1S/C13H16N4O/c1-14-10-7-4-5-9(10)13-16-12(17-18-13)11-6-2-3-8-15-11/h2-3,6,8-10,14H,4-5,7H2,1H3/t9-,10-/m0/s1. The number of nitrogens with one attached hydrogen (secondary N) is 1. The second-order valence-corrected chi connectivity index (χ2v) is 4.60. The van der Waals surface area contributed by atoms with Crippen molar-refractivity contribution < 1.29 is 4.52 Å². The number of hydrogen-bond acceptors (Lipinski definition) is 5. The molecule has 2 aromatic heterocycles. The van der Waals surface area contributed by atoms with Gasteiger partial charge in [-0.3, -0.25) is 4.98 Å². The van der Waals surface area contributed by atoms with Crippen molar-refractivity contribution >= 4 is 0 Å². The normalized spacial score (nSPS) is 23.4. The predicted molar refractivity (Wildman–Crippen MR) is 67.0 cm³/mol. The summed E-state index contributed by atoms with van der Waals surface area (Å²) in [4.78, 5) is 8.71. The molecule has 0 spiro atoms. The fourth-order valence-corrected chi connectivity index (χ4v) is 2.59. The molecule has 1 aliphatic rings. The average Bonchev–Trinajstić information content (AvgIpc) is 3.08. The molecule has 0 aromatic carbocycles. The topological polar surface area (TPSA) is 63.8 Å². The van der Waals surface area contributed by atoms with Gasteiger partial charge in [0.25, 0.3) is 0 Å². The highest BCUT2D eigenvalue weighted by molar-refractivity contribution is 5.47. The number of pyridine rings is 1. The molecule has 18 heavy (non-hydrogen) atoms. The van der Waals surface area contributed by atoms with E-state index in [0.29, 0.717) is 17.8 Å². The van der Waals surface area contributed by atoms with Gasteiger partial charge in [0, 0.05) is 12.2 Å². The van der Waals surface area contributed by atoms with E-state index >= 15 is 0 Å². The first-order chi connectivity index (χ1) is 8.88. The molecule has 0 radical (unpaired) electrons. The first-order valence-electron chi connectivity index (χ1n) is 6.31. The van der Waals surface area contributed by atoms with Crippen LogP contribution in [0.1, 0.15) is 31.1 Å². The van der Waals surface area contributed by atoms with E-state index in [1.807, 2.05) is 25.2 Å². The molecule has 0 aliphatic heterocycles. The summed E-state index contributed by atoms with van der Waals surface area (Å²) in [6.07, 6.45) is 5.21. The minimum absolute atomic E-state index is 0.333. The zero-order valence-electron chi connectivity index (χ0n) is 10.3. The lowest BCUT2D eigenvalue weighted by Gasteiger charge is -2.14. The third-order valence-electron chi connectivity index (χ3n) is 3.54. The second kappa shape index (κ2) is 4.86. The van der Waals surface area contributed by atoms with E-state index in [1.165, 1.54) is 12.8 Å². The Hall–Kier alpha value is -1.75. The summed E-state index contributed by atoms with van der Waals surface area (Å²) in [6, 6.07) is 6.13. The van der Waals surface area contributed by atoms with Gasteiger partial charge in [0.15, 0.2) is 0 Å². The number of likely N-dealkylation sites (N-methyl/N-ethyl adjacent to an activating group) is 1. The largest absolute Gasteiger partial charge is 0.339 e. The van der Waals surface area contributed by atoms with Crippen LogP contribution < -0.4 is 5.32 Å². The maximum Gasteiger partial charge on any atom is 0.231 e. The molecule has 0 unspecified atom stereocenters. The molecule has 0 saturated heterocycles. The molecule has 2 atom stereocenters. The summed E-state index contributed by atoms with van der Waals surface area (Å²) in [5.41, 5.74) is 0.756. The molecule has 1 aliphatic carbocycles. The lowest BCUT2D eigenvalue weighted by Crippen LogP contribution is -2.27. The van der Waals surface area contributed by atoms with Gasteiger partial charge in [0.1, 0.15) is 5.69 Å². The fourth-order valence-electron chi connectivity index (χ4n) is 2.59. The van der Waals surface area contributed by atoms with Crippen LogP contribution in [-0.2, 0) is 0 Å². The van der Waals surface area contributed by atoms with Crippen LogP contribution in [0.15, 0.2) is 28.9 Å². The summed E-state index contributed by atoms with van der Waals surface area (Å²) < 4.78 is 5.39. The minimum atomic E-state index is 0.333. The van der Waals surface area contributed by atoms with Crippen molar-refractivity contribution in [2.75, 3.05) is 7.05 Å². The van der Waals surface area contributed by atoms with Crippen molar-refractivity contribution in [1.29, 1.82) is 0 Å². The number of rotatable bonds is 3. The smallest absolute Gasteiger partial charge is 0.231 e. The van der Waals surface area contributed by atoms with Crippen LogP contribution in [0, 0.1) is 0 Å². The highest BCUT2D eigenvalue weighted by atomic mass is 16.5. The van der Waals surface area contributed by atoms with Gasteiger partial charge in [-0.05, 0) is 32.0 Å². The highest BCUT2D eigenvalue weighted by Crippen LogP contribution is 2.34. The monoisotopic (exact) mass is 244 g/mol. The van der Waals surface area contributed by atoms with Gasteiger partial charge in [0.2, 0.25) is 11.7 Å². The molecule has 2 aromatic rings. The van der Waals surface area contributed by atoms with Crippen LogP contribution in [0.5, 0.6) is 0 Å². The molecule has 0 bridgehead atoms. The Morgan fingerprint density at radius 1 is 1.33 bits per heavy atom. The van der Waals surface area contributed by atoms with E-state index in [4.69, 9.17) is 4.52 Å². The molecular formula is C13H16N4O. The molecular weight excluding hydrogens is 228 g/mol. The van der Waals surface area contributed by atoms with Gasteiger partial charge >= 0.3 is 0 Å². The van der Waals surface area contributed by atoms with Crippen molar-refractivity contribution in [3.8, 4) is 11.5 Å². The molecule has 5 nitrogen and oxygen atoms in total. The quantitative estimate of drug-likeness (QED) is 0.894. The van der Waals surface area contributed by atoms with E-state index in [2.05, 4.69) is 20.4 Å². The minimum Gasteiger partial charge on any atom is -0.339 e. The van der Waals surface area contributed by atoms with E-state index < -0.39 is 0 Å². The number of hydrogen-bond donors (Lipinski definition) is 1.